The maximum absolute atomic E-state index is 12.6. The van der Waals surface area contributed by atoms with Crippen molar-refractivity contribution in [2.24, 2.45) is 0 Å². The van der Waals surface area contributed by atoms with E-state index < -0.39 is 0 Å². The van der Waals surface area contributed by atoms with E-state index in [0.29, 0.717) is 17.6 Å². The fourth-order valence-electron chi connectivity index (χ4n) is 4.60. The Kier molecular flexibility index (Phi) is 7.25. The van der Waals surface area contributed by atoms with Crippen molar-refractivity contribution in [3.63, 3.8) is 0 Å². The molecule has 0 spiro atoms. The fraction of sp³-hybridized carbons (Fsp3) is 0.440. The van der Waals surface area contributed by atoms with Gasteiger partial charge in [0.25, 0.3) is 0 Å². The minimum Gasteiger partial charge on any atom is -0.354 e. The first kappa shape index (κ1) is 21.8. The van der Waals surface area contributed by atoms with Gasteiger partial charge >= 0.3 is 0 Å². The van der Waals surface area contributed by atoms with Crippen molar-refractivity contribution in [3.8, 4) is 11.3 Å². The van der Waals surface area contributed by atoms with Crippen LogP contribution in [0.5, 0.6) is 0 Å². The lowest BCUT2D eigenvalue weighted by atomic mass is 10.00. The molecule has 5 nitrogen and oxygen atoms in total. The van der Waals surface area contributed by atoms with Crippen LogP contribution in [0.1, 0.15) is 39.0 Å². The van der Waals surface area contributed by atoms with Crippen LogP contribution in [-0.4, -0.2) is 46.3 Å². The molecule has 1 amide bonds. The lowest BCUT2D eigenvalue weighted by Crippen LogP contribution is -2.40. The Morgan fingerprint density at radius 2 is 2.03 bits per heavy atom. The second kappa shape index (κ2) is 10.3. The predicted octanol–water partition coefficient (Wildman–Crippen LogP) is 5.13. The first-order chi connectivity index (χ1) is 15.2. The molecule has 1 fully saturated rings. The average Bonchev–Trinajstić information content (AvgIpc) is 3.14. The van der Waals surface area contributed by atoms with Gasteiger partial charge in [-0.25, -0.2) is 0 Å². The summed E-state index contributed by atoms with van der Waals surface area (Å²) in [4.78, 5) is 15.2. The Morgan fingerprint density at radius 1 is 1.19 bits per heavy atom. The van der Waals surface area contributed by atoms with Crippen molar-refractivity contribution in [1.82, 2.24) is 20.0 Å². The van der Waals surface area contributed by atoms with Crippen LogP contribution in [0, 0.1) is 0 Å². The molecule has 4 rings (SSSR count). The summed E-state index contributed by atoms with van der Waals surface area (Å²) < 4.78 is 1.78. The van der Waals surface area contributed by atoms with Crippen LogP contribution in [-0.2, 0) is 11.3 Å². The Bertz CT molecular complexity index is 1020. The minimum absolute atomic E-state index is 0.00959. The van der Waals surface area contributed by atoms with Crippen molar-refractivity contribution in [3.05, 3.63) is 53.6 Å². The molecule has 3 aromatic rings. The van der Waals surface area contributed by atoms with Crippen molar-refractivity contribution in [2.45, 2.75) is 51.6 Å². The molecule has 1 saturated heterocycles. The van der Waals surface area contributed by atoms with E-state index in [4.69, 9.17) is 16.7 Å². The molecule has 164 valence electrons. The van der Waals surface area contributed by atoms with E-state index in [2.05, 4.69) is 17.1 Å². The molecule has 1 aliphatic rings. The molecule has 0 aliphatic carbocycles. The van der Waals surface area contributed by atoms with E-state index in [1.807, 2.05) is 48.5 Å². The Balaban J connectivity index is 1.39. The molecule has 1 aromatic heterocycles. The van der Waals surface area contributed by atoms with Crippen LogP contribution in [0.15, 0.2) is 48.5 Å². The minimum atomic E-state index is -0.00959. The summed E-state index contributed by atoms with van der Waals surface area (Å²) >= 11 is 6.24. The first-order valence-electron chi connectivity index (χ1n) is 11.4. The van der Waals surface area contributed by atoms with Gasteiger partial charge < -0.3 is 10.2 Å². The Hall–Kier alpha value is -2.37. The average molecular weight is 439 g/mol. The molecule has 2 heterocycles. The highest BCUT2D eigenvalue weighted by atomic mass is 35.5. The van der Waals surface area contributed by atoms with Gasteiger partial charge in [0.2, 0.25) is 5.91 Å². The number of hydrogen-bond acceptors (Lipinski definition) is 3. The highest BCUT2D eigenvalue weighted by Gasteiger charge is 2.20. The Labute approximate surface area is 189 Å². The molecule has 0 radical (unpaired) electrons. The molecule has 2 aromatic carbocycles. The number of likely N-dealkylation sites (tertiary alicyclic amines) is 1. The molecule has 0 bridgehead atoms. The fourth-order valence-corrected chi connectivity index (χ4v) is 4.77. The summed E-state index contributed by atoms with van der Waals surface area (Å²) in [6, 6.07) is 16.4. The third-order valence-electron chi connectivity index (χ3n) is 6.22. The molecule has 31 heavy (non-hydrogen) atoms. The number of fused-ring (bicyclic) bond motifs is 1. The number of rotatable bonds is 8. The van der Waals surface area contributed by atoms with Gasteiger partial charge in [0.05, 0.1) is 5.52 Å². The summed E-state index contributed by atoms with van der Waals surface area (Å²) in [7, 11) is 0. The van der Waals surface area contributed by atoms with Crippen molar-refractivity contribution < 1.29 is 4.79 Å². The lowest BCUT2D eigenvalue weighted by Gasteiger charge is -2.35. The maximum Gasteiger partial charge on any atom is 0.241 e. The SMILES string of the molecule is CC[C@H]1CCCCN1CCCNC(=O)Cn1nc(-c2ccccc2)c2cc(Cl)ccc21. The normalized spacial score (nSPS) is 17.2. The van der Waals surface area contributed by atoms with Crippen molar-refractivity contribution in [1.29, 1.82) is 0 Å². The monoisotopic (exact) mass is 438 g/mol. The zero-order chi connectivity index (χ0) is 21.6. The van der Waals surface area contributed by atoms with Gasteiger partial charge in [-0.05, 0) is 50.4 Å². The molecular formula is C25H31ClN4O. The number of aromatic nitrogens is 2. The van der Waals surface area contributed by atoms with E-state index >= 15 is 0 Å². The smallest absolute Gasteiger partial charge is 0.241 e. The zero-order valence-electron chi connectivity index (χ0n) is 18.2. The maximum atomic E-state index is 12.6. The number of carbonyl (C=O) groups is 1. The van der Waals surface area contributed by atoms with Gasteiger partial charge in [0.1, 0.15) is 12.2 Å². The van der Waals surface area contributed by atoms with E-state index in [1.165, 1.54) is 32.2 Å². The van der Waals surface area contributed by atoms with Crippen LogP contribution in [0.3, 0.4) is 0 Å². The number of halogens is 1. The summed E-state index contributed by atoms with van der Waals surface area (Å²) in [5, 5.41) is 9.45. The van der Waals surface area contributed by atoms with Gasteiger partial charge in [-0.15, -0.1) is 0 Å². The van der Waals surface area contributed by atoms with E-state index in [1.54, 1.807) is 4.68 Å². The highest BCUT2D eigenvalue weighted by Crippen LogP contribution is 2.30. The molecule has 1 aliphatic heterocycles. The molecular weight excluding hydrogens is 408 g/mol. The van der Waals surface area contributed by atoms with Crippen molar-refractivity contribution in [2.75, 3.05) is 19.6 Å². The molecule has 1 N–H and O–H groups in total. The number of nitrogens with one attached hydrogen (secondary N) is 1. The van der Waals surface area contributed by atoms with Gasteiger partial charge in [0.15, 0.2) is 0 Å². The summed E-state index contributed by atoms with van der Waals surface area (Å²) in [5.41, 5.74) is 2.78. The topological polar surface area (TPSA) is 50.2 Å². The number of nitrogens with zero attached hydrogens (tertiary/aromatic N) is 3. The summed E-state index contributed by atoms with van der Waals surface area (Å²) in [6.07, 6.45) is 6.14. The second-order valence-corrected chi connectivity index (χ2v) is 8.77. The summed E-state index contributed by atoms with van der Waals surface area (Å²) in [5.74, 6) is -0.00959. The van der Waals surface area contributed by atoms with Gasteiger partial charge in [-0.2, -0.15) is 5.10 Å². The Morgan fingerprint density at radius 3 is 2.84 bits per heavy atom. The van der Waals surface area contributed by atoms with Crippen LogP contribution < -0.4 is 5.32 Å². The van der Waals surface area contributed by atoms with Gasteiger partial charge in [-0.3, -0.25) is 9.48 Å². The largest absolute Gasteiger partial charge is 0.354 e. The second-order valence-electron chi connectivity index (χ2n) is 8.33. The van der Waals surface area contributed by atoms with Crippen LogP contribution in [0.2, 0.25) is 5.02 Å². The third-order valence-corrected chi connectivity index (χ3v) is 6.45. The van der Waals surface area contributed by atoms with E-state index in [9.17, 15) is 4.79 Å². The summed E-state index contributed by atoms with van der Waals surface area (Å²) in [6.45, 7) is 5.42. The molecule has 0 unspecified atom stereocenters. The zero-order valence-corrected chi connectivity index (χ0v) is 18.9. The predicted molar refractivity (Wildman–Crippen MR) is 127 cm³/mol. The van der Waals surface area contributed by atoms with Gasteiger partial charge in [-0.1, -0.05) is 55.3 Å². The number of amides is 1. The standard InChI is InChI=1S/C25H31ClN4O/c1-2-21-11-6-7-15-29(21)16-8-14-27-24(31)18-30-23-13-12-20(26)17-22(23)25(28-30)19-9-4-3-5-10-19/h3-5,9-10,12-13,17,21H,2,6-8,11,14-16,18H2,1H3,(H,27,31)/t21-/m0/s1. The lowest BCUT2D eigenvalue weighted by molar-refractivity contribution is -0.121. The van der Waals surface area contributed by atoms with E-state index in [0.717, 1.165) is 35.1 Å². The number of piperidine rings is 1. The molecule has 1 atom stereocenters. The number of benzene rings is 2. The first-order valence-corrected chi connectivity index (χ1v) is 11.8. The molecule has 6 heteroatoms. The van der Waals surface area contributed by atoms with E-state index in [-0.39, 0.29) is 12.5 Å². The van der Waals surface area contributed by atoms with Crippen LogP contribution >= 0.6 is 11.6 Å². The van der Waals surface area contributed by atoms with Crippen LogP contribution in [0.4, 0.5) is 0 Å². The van der Waals surface area contributed by atoms with Crippen molar-refractivity contribution >= 4 is 28.4 Å². The number of carbonyl (C=O) groups excluding carboxylic acids is 1. The highest BCUT2D eigenvalue weighted by molar-refractivity contribution is 6.31. The van der Waals surface area contributed by atoms with Gasteiger partial charge in [0, 0.05) is 35.1 Å². The third kappa shape index (κ3) is 5.28. The number of hydrogen-bond donors (Lipinski definition) is 1. The van der Waals surface area contributed by atoms with Crippen LogP contribution in [0.25, 0.3) is 22.2 Å². The quantitative estimate of drug-likeness (QED) is 0.496. The molecule has 0 saturated carbocycles.